The van der Waals surface area contributed by atoms with Crippen LogP contribution < -0.4 is 0 Å². The molecule has 0 bridgehead atoms. The van der Waals surface area contributed by atoms with Crippen molar-refractivity contribution in [2.45, 2.75) is 33.0 Å². The summed E-state index contributed by atoms with van der Waals surface area (Å²) in [5.74, 6) is 0. The Morgan fingerprint density at radius 1 is 1.62 bits per heavy atom. The molecule has 0 aromatic heterocycles. The van der Waals surface area contributed by atoms with Crippen LogP contribution in [-0.4, -0.2) is 12.9 Å². The third-order valence-electron chi connectivity index (χ3n) is 1.01. The first-order valence-electron chi connectivity index (χ1n) is 3.15. The smallest absolute Gasteiger partial charge is 0.170 e. The number of hydrogen-bond donors (Lipinski definition) is 1. The summed E-state index contributed by atoms with van der Waals surface area (Å²) in [7, 11) is 1.96. The minimum Gasteiger partial charge on any atom is -0.321 e. The lowest BCUT2D eigenvalue weighted by Gasteiger charge is -1.91. The van der Waals surface area contributed by atoms with Gasteiger partial charge in [-0.25, -0.2) is 0 Å². The molecule has 45 valence electrons. The Labute approximate surface area is 52.2 Å². The van der Waals surface area contributed by atoms with E-state index < -0.39 is 0 Å². The fraction of sp³-hybridized carbons (Fsp3) is 0.833. The Balaban J connectivity index is 2.82. The first-order chi connectivity index (χ1) is 3.77. The van der Waals surface area contributed by atoms with Crippen molar-refractivity contribution in [1.82, 2.24) is 0 Å². The van der Waals surface area contributed by atoms with Crippen LogP contribution in [0.2, 0.25) is 6.32 Å². The normalized spacial score (nSPS) is 8.75. The minimum atomic E-state index is 0.693. The molecule has 0 saturated heterocycles. The molecule has 1 nitrogen and oxygen atoms in total. The zero-order valence-electron chi connectivity index (χ0n) is 5.70. The van der Waals surface area contributed by atoms with E-state index in [1.807, 2.05) is 14.2 Å². The maximum Gasteiger partial charge on any atom is 0.170 e. The molecule has 8 heavy (non-hydrogen) atoms. The van der Waals surface area contributed by atoms with Crippen LogP contribution in [0.5, 0.6) is 0 Å². The highest BCUT2D eigenvalue weighted by Gasteiger charge is 1.89. The van der Waals surface area contributed by atoms with E-state index >= 15 is 0 Å². The minimum absolute atomic E-state index is 0.693. The Morgan fingerprint density at radius 2 is 2.25 bits per heavy atom. The Bertz CT molecular complexity index is 70.9. The van der Waals surface area contributed by atoms with E-state index in [0.717, 1.165) is 6.32 Å². The lowest BCUT2D eigenvalue weighted by atomic mass is 9.69. The van der Waals surface area contributed by atoms with Gasteiger partial charge in [0.1, 0.15) is 0 Å². The van der Waals surface area contributed by atoms with E-state index in [-0.39, 0.29) is 0 Å². The third kappa shape index (κ3) is 5.73. The van der Waals surface area contributed by atoms with Crippen LogP contribution in [0, 0.1) is 5.41 Å². The molecule has 0 heterocycles. The zero-order valence-corrected chi connectivity index (χ0v) is 5.70. The first kappa shape index (κ1) is 7.73. The summed E-state index contributed by atoms with van der Waals surface area (Å²) >= 11 is 0. The van der Waals surface area contributed by atoms with Crippen molar-refractivity contribution < 1.29 is 0 Å². The predicted molar refractivity (Wildman–Crippen MR) is 38.9 cm³/mol. The Hall–Kier alpha value is -0.265. The van der Waals surface area contributed by atoms with Gasteiger partial charge in [-0.3, -0.25) is 0 Å². The van der Waals surface area contributed by atoms with Gasteiger partial charge in [-0.1, -0.05) is 26.1 Å². The van der Waals surface area contributed by atoms with Gasteiger partial charge in [-0.2, -0.15) is 0 Å². The monoisotopic (exact) mass is 110 g/mol. The number of nitrogens with one attached hydrogen (secondary N) is 1. The Kier molecular flexibility index (Phi) is 4.72. The molecular weight excluding hydrogens is 96.9 g/mol. The van der Waals surface area contributed by atoms with Crippen LogP contribution in [0.15, 0.2) is 0 Å². The fourth-order valence-corrected chi connectivity index (χ4v) is 0.523. The first-order valence-corrected chi connectivity index (χ1v) is 3.15. The summed E-state index contributed by atoms with van der Waals surface area (Å²) in [6.45, 7) is 3.97. The molecule has 0 fully saturated rings. The molecule has 2 heteroatoms. The van der Waals surface area contributed by atoms with Gasteiger partial charge in [-0.15, -0.1) is 0 Å². The molecule has 0 aliphatic heterocycles. The highest BCUT2D eigenvalue weighted by Crippen LogP contribution is 1.92. The molecule has 1 radical (unpaired) electrons. The average Bonchev–Trinajstić information content (AvgIpc) is 1.66. The van der Waals surface area contributed by atoms with Crippen LogP contribution in [0.4, 0.5) is 0 Å². The van der Waals surface area contributed by atoms with Crippen LogP contribution in [0.25, 0.3) is 0 Å². The summed E-state index contributed by atoms with van der Waals surface area (Å²) < 4.78 is 0. The van der Waals surface area contributed by atoms with E-state index in [9.17, 15) is 0 Å². The van der Waals surface area contributed by atoms with Gasteiger partial charge in [0, 0.05) is 0 Å². The van der Waals surface area contributed by atoms with Gasteiger partial charge in [0.15, 0.2) is 7.28 Å². The second-order valence-electron chi connectivity index (χ2n) is 2.03. The van der Waals surface area contributed by atoms with Crippen molar-refractivity contribution in [3.05, 3.63) is 0 Å². The molecule has 0 atom stereocenters. The van der Waals surface area contributed by atoms with E-state index in [0.29, 0.717) is 5.61 Å². The number of unbranched alkanes of at least 4 members (excludes halogenated alkanes) is 1. The molecule has 0 aromatic carbocycles. The van der Waals surface area contributed by atoms with Gasteiger partial charge < -0.3 is 5.41 Å². The maximum absolute atomic E-state index is 7.02. The van der Waals surface area contributed by atoms with Crippen molar-refractivity contribution >= 4 is 12.9 Å². The number of rotatable bonds is 4. The fourth-order valence-electron chi connectivity index (χ4n) is 0.523. The van der Waals surface area contributed by atoms with E-state index in [1.54, 1.807) is 0 Å². The standard InChI is InChI=1S/C6H13BN/c1-3-4-5-7-6(2)8/h8H,3-5H2,1-2H3. The second kappa shape index (κ2) is 4.88. The van der Waals surface area contributed by atoms with Gasteiger partial charge in [0.05, 0.1) is 0 Å². The lowest BCUT2D eigenvalue weighted by Crippen LogP contribution is -2.00. The lowest BCUT2D eigenvalue weighted by molar-refractivity contribution is 0.881. The van der Waals surface area contributed by atoms with Crippen LogP contribution >= 0.6 is 0 Å². The van der Waals surface area contributed by atoms with Crippen molar-refractivity contribution in [2.24, 2.45) is 0 Å². The van der Waals surface area contributed by atoms with Gasteiger partial charge >= 0.3 is 0 Å². The van der Waals surface area contributed by atoms with Gasteiger partial charge in [0.25, 0.3) is 0 Å². The molecule has 0 aliphatic rings. The summed E-state index contributed by atoms with van der Waals surface area (Å²) in [5.41, 5.74) is 0.693. The van der Waals surface area contributed by atoms with Gasteiger partial charge in [-0.05, 0) is 12.5 Å². The van der Waals surface area contributed by atoms with Crippen LogP contribution in [0.1, 0.15) is 26.7 Å². The SMILES string of the molecule is CCCC[B]C(C)=N. The largest absolute Gasteiger partial charge is 0.321 e. The van der Waals surface area contributed by atoms with Crippen molar-refractivity contribution in [2.75, 3.05) is 0 Å². The molecule has 1 N–H and O–H groups in total. The molecule has 0 saturated carbocycles. The van der Waals surface area contributed by atoms with E-state index in [2.05, 4.69) is 6.92 Å². The topological polar surface area (TPSA) is 23.9 Å². The summed E-state index contributed by atoms with van der Waals surface area (Å²) in [6.07, 6.45) is 3.52. The molecule has 0 unspecified atom stereocenters. The molecule has 0 rings (SSSR count). The number of hydrogen-bond acceptors (Lipinski definition) is 1. The van der Waals surface area contributed by atoms with Crippen LogP contribution in [-0.2, 0) is 0 Å². The highest BCUT2D eigenvalue weighted by molar-refractivity contribution is 6.74. The predicted octanol–water partition coefficient (Wildman–Crippen LogP) is 1.91. The van der Waals surface area contributed by atoms with Gasteiger partial charge in [0.2, 0.25) is 0 Å². The molecular formula is C6H13BN. The van der Waals surface area contributed by atoms with Crippen LogP contribution in [0.3, 0.4) is 0 Å². The van der Waals surface area contributed by atoms with E-state index in [4.69, 9.17) is 5.41 Å². The van der Waals surface area contributed by atoms with Crippen molar-refractivity contribution in [3.8, 4) is 0 Å². The zero-order chi connectivity index (χ0) is 6.41. The average molecular weight is 110 g/mol. The van der Waals surface area contributed by atoms with Crippen molar-refractivity contribution in [1.29, 1.82) is 5.41 Å². The quantitative estimate of drug-likeness (QED) is 0.324. The maximum atomic E-state index is 7.02. The summed E-state index contributed by atoms with van der Waals surface area (Å²) in [4.78, 5) is 0. The molecule has 0 spiro atoms. The third-order valence-corrected chi connectivity index (χ3v) is 1.01. The summed E-state index contributed by atoms with van der Waals surface area (Å²) in [5, 5.41) is 7.02. The molecule has 0 aliphatic carbocycles. The van der Waals surface area contributed by atoms with E-state index in [1.165, 1.54) is 12.8 Å². The van der Waals surface area contributed by atoms with Crippen molar-refractivity contribution in [3.63, 3.8) is 0 Å². The Morgan fingerprint density at radius 3 is 2.62 bits per heavy atom. The summed E-state index contributed by atoms with van der Waals surface area (Å²) in [6, 6.07) is 0. The molecule has 0 aromatic rings. The second-order valence-corrected chi connectivity index (χ2v) is 2.03. The highest BCUT2D eigenvalue weighted by atomic mass is 14.3. The molecule has 0 amide bonds.